The maximum absolute atomic E-state index is 13.4. The number of oxazole rings is 1. The minimum Gasteiger partial charge on any atom is -0.406 e. The topological polar surface area (TPSA) is 78.7 Å². The third-order valence-corrected chi connectivity index (χ3v) is 5.61. The first-order valence-corrected chi connectivity index (χ1v) is 9.03. The highest BCUT2D eigenvalue weighted by Crippen LogP contribution is 2.31. The van der Waals surface area contributed by atoms with Gasteiger partial charge in [-0.05, 0) is 25.2 Å². The number of piperazine rings is 1. The van der Waals surface area contributed by atoms with Crippen molar-refractivity contribution >= 4 is 21.7 Å². The first kappa shape index (κ1) is 16.7. The zero-order chi connectivity index (χ0) is 17.3. The Morgan fingerprint density at radius 1 is 1.25 bits per heavy atom. The fraction of sp³-hybridized carbons (Fsp3) is 0.400. The molecular weight excluding hydrogens is 335 g/mol. The molecule has 0 amide bonds. The van der Waals surface area contributed by atoms with E-state index in [1.165, 1.54) is 18.2 Å². The van der Waals surface area contributed by atoms with Gasteiger partial charge in [0, 0.05) is 33.2 Å². The molecule has 1 aliphatic rings. The molecule has 130 valence electrons. The molecule has 3 rings (SSSR count). The molecule has 1 aromatic carbocycles. The Kier molecular flexibility index (Phi) is 4.46. The third-order valence-electron chi connectivity index (χ3n) is 3.95. The van der Waals surface area contributed by atoms with Gasteiger partial charge in [0.15, 0.2) is 0 Å². The third kappa shape index (κ3) is 3.09. The Balaban J connectivity index is 1.98. The smallest absolute Gasteiger partial charge is 0.300 e. The van der Waals surface area contributed by atoms with Gasteiger partial charge in [-0.15, -0.1) is 0 Å². The zero-order valence-electron chi connectivity index (χ0n) is 13.5. The Bertz CT molecular complexity index is 829. The van der Waals surface area contributed by atoms with Crippen LogP contribution in [-0.4, -0.2) is 58.6 Å². The molecule has 7 nitrogen and oxygen atoms in total. The zero-order valence-corrected chi connectivity index (χ0v) is 14.3. The van der Waals surface area contributed by atoms with Crippen LogP contribution in [-0.2, 0) is 9.84 Å². The van der Waals surface area contributed by atoms with E-state index in [1.807, 2.05) is 11.9 Å². The van der Waals surface area contributed by atoms with Gasteiger partial charge in [0.05, 0.1) is 4.90 Å². The molecule has 24 heavy (non-hydrogen) atoms. The molecular formula is C15H19FN4O3S. The Labute approximate surface area is 140 Å². The van der Waals surface area contributed by atoms with Crippen molar-refractivity contribution in [3.63, 3.8) is 0 Å². The fourth-order valence-corrected chi connectivity index (χ4v) is 3.85. The van der Waals surface area contributed by atoms with Crippen LogP contribution >= 0.6 is 0 Å². The second kappa shape index (κ2) is 6.40. The summed E-state index contributed by atoms with van der Waals surface area (Å²) in [5.41, 5.74) is 0. The van der Waals surface area contributed by atoms with Gasteiger partial charge in [-0.3, -0.25) is 0 Å². The summed E-state index contributed by atoms with van der Waals surface area (Å²) in [6.45, 7) is 3.06. The highest BCUT2D eigenvalue weighted by atomic mass is 32.2. The Morgan fingerprint density at radius 3 is 2.58 bits per heavy atom. The van der Waals surface area contributed by atoms with Gasteiger partial charge in [0.2, 0.25) is 20.7 Å². The maximum Gasteiger partial charge on any atom is 0.300 e. The SMILES string of the molecule is CNc1oc(N2CCN(C)CC2)nc1S(=O)(=O)c1cccc(F)c1. The van der Waals surface area contributed by atoms with Crippen LogP contribution < -0.4 is 10.2 Å². The van der Waals surface area contributed by atoms with Crippen molar-refractivity contribution in [2.45, 2.75) is 9.92 Å². The maximum atomic E-state index is 13.4. The Hall–Kier alpha value is -2.13. The molecule has 9 heteroatoms. The van der Waals surface area contributed by atoms with Crippen molar-refractivity contribution in [2.24, 2.45) is 0 Å². The van der Waals surface area contributed by atoms with E-state index in [9.17, 15) is 12.8 Å². The van der Waals surface area contributed by atoms with Crippen LogP contribution in [0.15, 0.2) is 38.6 Å². The average molecular weight is 354 g/mol. The molecule has 2 heterocycles. The second-order valence-electron chi connectivity index (χ2n) is 5.63. The van der Waals surface area contributed by atoms with Crippen LogP contribution in [0.1, 0.15) is 0 Å². The van der Waals surface area contributed by atoms with Crippen molar-refractivity contribution in [3.05, 3.63) is 30.1 Å². The van der Waals surface area contributed by atoms with Crippen LogP contribution in [0.25, 0.3) is 0 Å². The molecule has 0 radical (unpaired) electrons. The first-order chi connectivity index (χ1) is 11.4. The predicted molar refractivity (Wildman–Crippen MR) is 87.6 cm³/mol. The molecule has 1 fully saturated rings. The summed E-state index contributed by atoms with van der Waals surface area (Å²) >= 11 is 0. The largest absolute Gasteiger partial charge is 0.406 e. The Morgan fingerprint density at radius 2 is 1.96 bits per heavy atom. The number of sulfone groups is 1. The number of nitrogens with one attached hydrogen (secondary N) is 1. The summed E-state index contributed by atoms with van der Waals surface area (Å²) in [6.07, 6.45) is 0. The molecule has 1 N–H and O–H groups in total. The minimum atomic E-state index is -3.98. The molecule has 1 aromatic heterocycles. The highest BCUT2D eigenvalue weighted by Gasteiger charge is 2.30. The number of hydrogen-bond donors (Lipinski definition) is 1. The lowest BCUT2D eigenvalue weighted by atomic mass is 10.3. The lowest BCUT2D eigenvalue weighted by Gasteiger charge is -2.31. The number of anilines is 2. The molecule has 1 aliphatic heterocycles. The van der Waals surface area contributed by atoms with Crippen LogP contribution in [0.5, 0.6) is 0 Å². The number of nitrogens with zero attached hydrogens (tertiary/aromatic N) is 3. The van der Waals surface area contributed by atoms with E-state index in [1.54, 1.807) is 7.05 Å². The van der Waals surface area contributed by atoms with Crippen molar-refractivity contribution in [1.82, 2.24) is 9.88 Å². The van der Waals surface area contributed by atoms with E-state index in [4.69, 9.17) is 4.42 Å². The van der Waals surface area contributed by atoms with Gasteiger partial charge in [0.1, 0.15) is 5.82 Å². The van der Waals surface area contributed by atoms with Crippen LogP contribution in [0.2, 0.25) is 0 Å². The van der Waals surface area contributed by atoms with Crippen molar-refractivity contribution in [1.29, 1.82) is 0 Å². The van der Waals surface area contributed by atoms with Gasteiger partial charge in [-0.25, -0.2) is 12.8 Å². The van der Waals surface area contributed by atoms with Crippen molar-refractivity contribution in [3.8, 4) is 0 Å². The fourth-order valence-electron chi connectivity index (χ4n) is 2.51. The summed E-state index contributed by atoms with van der Waals surface area (Å²) in [5, 5.41) is 2.48. The second-order valence-corrected chi connectivity index (χ2v) is 7.50. The van der Waals surface area contributed by atoms with Crippen molar-refractivity contribution < 1.29 is 17.2 Å². The van der Waals surface area contributed by atoms with Crippen LogP contribution in [0, 0.1) is 5.82 Å². The number of halogens is 1. The summed E-state index contributed by atoms with van der Waals surface area (Å²) in [6, 6.07) is 5.10. The summed E-state index contributed by atoms with van der Waals surface area (Å²) < 4.78 is 44.5. The molecule has 0 bridgehead atoms. The molecule has 0 unspecified atom stereocenters. The number of benzene rings is 1. The monoisotopic (exact) mass is 354 g/mol. The van der Waals surface area contributed by atoms with Gasteiger partial charge in [0.25, 0.3) is 0 Å². The quantitative estimate of drug-likeness (QED) is 0.890. The number of rotatable bonds is 4. The summed E-state index contributed by atoms with van der Waals surface area (Å²) in [4.78, 5) is 8.08. The predicted octanol–water partition coefficient (Wildman–Crippen LogP) is 1.44. The molecule has 0 saturated carbocycles. The standard InChI is InChI=1S/C15H19FN4O3S/c1-17-13-14(24(21,22)12-5-3-4-11(16)10-12)18-15(23-13)20-8-6-19(2)7-9-20/h3-5,10,17H,6-9H2,1-2H3. The molecule has 0 spiro atoms. The van der Waals surface area contributed by atoms with Gasteiger partial charge < -0.3 is 19.5 Å². The van der Waals surface area contributed by atoms with Gasteiger partial charge in [-0.2, -0.15) is 4.98 Å². The van der Waals surface area contributed by atoms with E-state index >= 15 is 0 Å². The van der Waals surface area contributed by atoms with E-state index in [0.29, 0.717) is 13.1 Å². The molecule has 0 aliphatic carbocycles. The van der Waals surface area contributed by atoms with Crippen LogP contribution in [0.3, 0.4) is 0 Å². The summed E-state index contributed by atoms with van der Waals surface area (Å²) in [5.74, 6) is -0.571. The highest BCUT2D eigenvalue weighted by molar-refractivity contribution is 7.91. The van der Waals surface area contributed by atoms with Gasteiger partial charge in [-0.1, -0.05) is 6.07 Å². The lowest BCUT2D eigenvalue weighted by Crippen LogP contribution is -2.44. The molecule has 1 saturated heterocycles. The molecule has 2 aromatic rings. The number of aromatic nitrogens is 1. The normalized spacial score (nSPS) is 16.4. The number of hydrogen-bond acceptors (Lipinski definition) is 7. The summed E-state index contributed by atoms with van der Waals surface area (Å²) in [7, 11) is -0.403. The number of likely N-dealkylation sites (N-methyl/N-ethyl adjacent to an activating group) is 1. The first-order valence-electron chi connectivity index (χ1n) is 7.54. The van der Waals surface area contributed by atoms with Crippen molar-refractivity contribution in [2.75, 3.05) is 50.5 Å². The van der Waals surface area contributed by atoms with E-state index in [0.717, 1.165) is 19.2 Å². The minimum absolute atomic E-state index is 0.0492. The van der Waals surface area contributed by atoms with E-state index in [-0.39, 0.29) is 21.8 Å². The van der Waals surface area contributed by atoms with Gasteiger partial charge >= 0.3 is 6.01 Å². The van der Waals surface area contributed by atoms with Crippen LogP contribution in [0.4, 0.5) is 16.3 Å². The van der Waals surface area contributed by atoms with E-state index < -0.39 is 15.7 Å². The average Bonchev–Trinajstić information content (AvgIpc) is 3.00. The lowest BCUT2D eigenvalue weighted by molar-refractivity contribution is 0.305. The van der Waals surface area contributed by atoms with E-state index in [2.05, 4.69) is 15.2 Å². The molecule has 0 atom stereocenters.